The van der Waals surface area contributed by atoms with Gasteiger partial charge in [0.05, 0.1) is 0 Å². The standard InChI is InChI=1S/C23H28F2/c1-4-21(23(5-2)11-12-23)16(3)13-18-14-19(24)15-20(22(18)25)17-9-7-6-8-10-17/h6-10,14-16,21H,4-5,11-13H2,1-3H3/t16-,21+/m0/s1. The first-order chi connectivity index (χ1) is 12.0. The molecule has 0 aliphatic heterocycles. The van der Waals surface area contributed by atoms with E-state index in [9.17, 15) is 4.39 Å². The normalized spacial score (nSPS) is 18.0. The minimum absolute atomic E-state index is 0.268. The van der Waals surface area contributed by atoms with Crippen LogP contribution in [0.4, 0.5) is 8.78 Å². The molecule has 0 spiro atoms. The number of benzene rings is 2. The van der Waals surface area contributed by atoms with E-state index in [4.69, 9.17) is 0 Å². The summed E-state index contributed by atoms with van der Waals surface area (Å²) < 4.78 is 29.3. The highest BCUT2D eigenvalue weighted by atomic mass is 19.1. The van der Waals surface area contributed by atoms with Crippen LogP contribution in [0, 0.1) is 28.9 Å². The van der Waals surface area contributed by atoms with Gasteiger partial charge in [-0.05, 0) is 59.8 Å². The van der Waals surface area contributed by atoms with Crippen LogP contribution in [0.25, 0.3) is 11.1 Å². The van der Waals surface area contributed by atoms with Gasteiger partial charge in [-0.25, -0.2) is 8.78 Å². The van der Waals surface area contributed by atoms with Gasteiger partial charge in [0.2, 0.25) is 0 Å². The van der Waals surface area contributed by atoms with Gasteiger partial charge >= 0.3 is 0 Å². The molecule has 0 N–H and O–H groups in total. The van der Waals surface area contributed by atoms with Crippen LogP contribution >= 0.6 is 0 Å². The van der Waals surface area contributed by atoms with Gasteiger partial charge in [0.1, 0.15) is 11.6 Å². The summed E-state index contributed by atoms with van der Waals surface area (Å²) in [6.45, 7) is 6.70. The Hall–Kier alpha value is -1.70. The van der Waals surface area contributed by atoms with Gasteiger partial charge in [0, 0.05) is 5.56 Å². The Balaban J connectivity index is 1.89. The van der Waals surface area contributed by atoms with E-state index in [2.05, 4.69) is 20.8 Å². The van der Waals surface area contributed by atoms with Crippen molar-refractivity contribution in [2.24, 2.45) is 17.3 Å². The van der Waals surface area contributed by atoms with Gasteiger partial charge in [-0.3, -0.25) is 0 Å². The molecule has 0 radical (unpaired) electrons. The lowest BCUT2D eigenvalue weighted by molar-refractivity contribution is 0.201. The molecule has 1 saturated carbocycles. The molecule has 0 bridgehead atoms. The van der Waals surface area contributed by atoms with Crippen molar-refractivity contribution in [2.45, 2.75) is 52.9 Å². The minimum Gasteiger partial charge on any atom is -0.207 e. The number of halogens is 2. The lowest BCUT2D eigenvalue weighted by Gasteiger charge is -2.31. The van der Waals surface area contributed by atoms with E-state index in [1.807, 2.05) is 30.3 Å². The van der Waals surface area contributed by atoms with Gasteiger partial charge in [-0.2, -0.15) is 0 Å². The van der Waals surface area contributed by atoms with Crippen LogP contribution in [0.3, 0.4) is 0 Å². The molecular weight excluding hydrogens is 314 g/mol. The number of hydrogen-bond acceptors (Lipinski definition) is 0. The second-order valence-corrected chi connectivity index (χ2v) is 7.70. The molecule has 2 aromatic carbocycles. The van der Waals surface area contributed by atoms with Crippen molar-refractivity contribution >= 4 is 0 Å². The van der Waals surface area contributed by atoms with E-state index < -0.39 is 0 Å². The van der Waals surface area contributed by atoms with Crippen molar-refractivity contribution < 1.29 is 8.78 Å². The maximum Gasteiger partial charge on any atom is 0.134 e. The molecule has 0 unspecified atom stereocenters. The summed E-state index contributed by atoms with van der Waals surface area (Å²) in [7, 11) is 0. The zero-order valence-electron chi connectivity index (χ0n) is 15.5. The van der Waals surface area contributed by atoms with E-state index in [1.54, 1.807) is 0 Å². The second-order valence-electron chi connectivity index (χ2n) is 7.70. The third-order valence-corrected chi connectivity index (χ3v) is 6.25. The highest BCUT2D eigenvalue weighted by molar-refractivity contribution is 5.65. The van der Waals surface area contributed by atoms with Crippen LogP contribution in [0.5, 0.6) is 0 Å². The summed E-state index contributed by atoms with van der Waals surface area (Å²) in [5.74, 6) is 0.315. The van der Waals surface area contributed by atoms with Crippen LogP contribution in [0.15, 0.2) is 42.5 Å². The van der Waals surface area contributed by atoms with E-state index >= 15 is 4.39 Å². The fourth-order valence-corrected chi connectivity index (χ4v) is 4.70. The van der Waals surface area contributed by atoms with Crippen molar-refractivity contribution in [1.82, 2.24) is 0 Å². The molecule has 25 heavy (non-hydrogen) atoms. The van der Waals surface area contributed by atoms with E-state index in [0.29, 0.717) is 34.8 Å². The van der Waals surface area contributed by atoms with E-state index in [-0.39, 0.29) is 11.6 Å². The van der Waals surface area contributed by atoms with E-state index in [1.165, 1.54) is 31.4 Å². The molecule has 0 heterocycles. The largest absolute Gasteiger partial charge is 0.207 e. The Kier molecular flexibility index (Phi) is 5.27. The Labute approximate surface area is 150 Å². The van der Waals surface area contributed by atoms with Crippen LogP contribution in [0.2, 0.25) is 0 Å². The third-order valence-electron chi connectivity index (χ3n) is 6.25. The van der Waals surface area contributed by atoms with Gasteiger partial charge in [0.15, 0.2) is 0 Å². The maximum atomic E-state index is 15.1. The van der Waals surface area contributed by atoms with Crippen molar-refractivity contribution in [3.8, 4) is 11.1 Å². The molecule has 0 nitrogen and oxygen atoms in total. The van der Waals surface area contributed by atoms with Crippen LogP contribution in [-0.4, -0.2) is 0 Å². The first kappa shape index (κ1) is 18.1. The zero-order chi connectivity index (χ0) is 18.0. The fourth-order valence-electron chi connectivity index (χ4n) is 4.70. The molecule has 134 valence electrons. The molecule has 1 aliphatic rings. The van der Waals surface area contributed by atoms with Gasteiger partial charge < -0.3 is 0 Å². The number of rotatable bonds is 7. The molecule has 1 aliphatic carbocycles. The lowest BCUT2D eigenvalue weighted by atomic mass is 9.74. The molecule has 2 atom stereocenters. The zero-order valence-corrected chi connectivity index (χ0v) is 15.5. The summed E-state index contributed by atoms with van der Waals surface area (Å²) in [5.41, 5.74) is 2.05. The summed E-state index contributed by atoms with van der Waals surface area (Å²) >= 11 is 0. The average Bonchev–Trinajstić information content (AvgIpc) is 3.40. The van der Waals surface area contributed by atoms with Gasteiger partial charge in [-0.1, -0.05) is 63.9 Å². The predicted octanol–water partition coefficient (Wildman–Crippen LogP) is 7.03. The molecule has 2 heteroatoms. The molecule has 0 aromatic heterocycles. The van der Waals surface area contributed by atoms with Gasteiger partial charge in [-0.15, -0.1) is 0 Å². The summed E-state index contributed by atoms with van der Waals surface area (Å²) in [5, 5.41) is 0. The Morgan fingerprint density at radius 2 is 1.72 bits per heavy atom. The molecule has 0 amide bonds. The van der Waals surface area contributed by atoms with Crippen molar-refractivity contribution in [3.63, 3.8) is 0 Å². The number of hydrogen-bond donors (Lipinski definition) is 0. The van der Waals surface area contributed by atoms with Crippen molar-refractivity contribution in [1.29, 1.82) is 0 Å². The Morgan fingerprint density at radius 1 is 1.04 bits per heavy atom. The summed E-state index contributed by atoms with van der Waals surface area (Å²) in [6.07, 6.45) is 5.47. The minimum atomic E-state index is -0.355. The predicted molar refractivity (Wildman–Crippen MR) is 100 cm³/mol. The van der Waals surface area contributed by atoms with Crippen molar-refractivity contribution in [3.05, 3.63) is 59.7 Å². The smallest absolute Gasteiger partial charge is 0.134 e. The second kappa shape index (κ2) is 7.27. The Bertz CT molecular complexity index is 716. The molecule has 2 aromatic rings. The maximum absolute atomic E-state index is 15.1. The molecular formula is C23H28F2. The summed E-state index contributed by atoms with van der Waals surface area (Å²) in [4.78, 5) is 0. The van der Waals surface area contributed by atoms with Crippen LogP contribution in [-0.2, 0) is 6.42 Å². The highest BCUT2D eigenvalue weighted by Gasteiger charge is 2.48. The van der Waals surface area contributed by atoms with Crippen LogP contribution < -0.4 is 0 Å². The van der Waals surface area contributed by atoms with Gasteiger partial charge in [0.25, 0.3) is 0 Å². The SMILES string of the molecule is CC[C@H]([C@@H](C)Cc1cc(F)cc(-c2ccccc2)c1F)C1(CC)CC1. The summed E-state index contributed by atoms with van der Waals surface area (Å²) in [6, 6.07) is 11.9. The lowest BCUT2D eigenvalue weighted by Crippen LogP contribution is -2.24. The topological polar surface area (TPSA) is 0 Å². The first-order valence-corrected chi connectivity index (χ1v) is 9.54. The monoisotopic (exact) mass is 342 g/mol. The quantitative estimate of drug-likeness (QED) is 0.507. The highest BCUT2D eigenvalue weighted by Crippen LogP contribution is 2.58. The average molecular weight is 342 g/mol. The Morgan fingerprint density at radius 3 is 2.28 bits per heavy atom. The first-order valence-electron chi connectivity index (χ1n) is 9.54. The fraction of sp³-hybridized carbons (Fsp3) is 0.478. The molecule has 1 fully saturated rings. The van der Waals surface area contributed by atoms with Crippen molar-refractivity contribution in [2.75, 3.05) is 0 Å². The molecule has 3 rings (SSSR count). The molecule has 0 saturated heterocycles. The third kappa shape index (κ3) is 3.63. The van der Waals surface area contributed by atoms with E-state index in [0.717, 1.165) is 12.0 Å². The van der Waals surface area contributed by atoms with Crippen LogP contribution in [0.1, 0.15) is 52.0 Å².